The van der Waals surface area contributed by atoms with Crippen molar-refractivity contribution < 1.29 is 14.4 Å². The summed E-state index contributed by atoms with van der Waals surface area (Å²) in [6.45, 7) is 1.76. The van der Waals surface area contributed by atoms with Gasteiger partial charge in [-0.05, 0) is 19.1 Å². The molecule has 0 spiro atoms. The average Bonchev–Trinajstić information content (AvgIpc) is 2.82. The molecule has 1 aromatic carbocycles. The van der Waals surface area contributed by atoms with Crippen LogP contribution in [0, 0.1) is 0 Å². The molecular formula is C13H15N3O3. The van der Waals surface area contributed by atoms with E-state index in [-0.39, 0.29) is 30.0 Å². The van der Waals surface area contributed by atoms with E-state index >= 15 is 0 Å². The maximum Gasteiger partial charge on any atom is 0.287 e. The van der Waals surface area contributed by atoms with Gasteiger partial charge in [-0.15, -0.1) is 0 Å². The number of benzene rings is 1. The fourth-order valence-electron chi connectivity index (χ4n) is 1.79. The second kappa shape index (κ2) is 5.43. The van der Waals surface area contributed by atoms with E-state index in [1.54, 1.807) is 19.1 Å². The zero-order chi connectivity index (χ0) is 13.8. The van der Waals surface area contributed by atoms with E-state index in [4.69, 9.17) is 15.4 Å². The number of amidine groups is 1. The summed E-state index contributed by atoms with van der Waals surface area (Å²) in [4.78, 5) is 11.9. The molecule has 0 aliphatic heterocycles. The summed E-state index contributed by atoms with van der Waals surface area (Å²) in [5.74, 6) is -0.0144. The molecule has 2 aromatic rings. The summed E-state index contributed by atoms with van der Waals surface area (Å²) in [6, 6.07) is 8.81. The number of oxime groups is 1. The molecule has 1 heterocycles. The van der Waals surface area contributed by atoms with E-state index in [0.717, 1.165) is 5.39 Å². The highest BCUT2D eigenvalue weighted by atomic mass is 16.4. The van der Waals surface area contributed by atoms with Gasteiger partial charge in [-0.25, -0.2) is 0 Å². The van der Waals surface area contributed by atoms with E-state index in [0.29, 0.717) is 5.58 Å². The lowest BCUT2D eigenvalue weighted by Gasteiger charge is -2.11. The van der Waals surface area contributed by atoms with Gasteiger partial charge in [0.1, 0.15) is 11.4 Å². The molecule has 0 radical (unpaired) electrons. The van der Waals surface area contributed by atoms with Gasteiger partial charge in [0.15, 0.2) is 5.76 Å². The van der Waals surface area contributed by atoms with Gasteiger partial charge < -0.3 is 20.7 Å². The molecule has 1 aromatic heterocycles. The molecule has 4 N–H and O–H groups in total. The number of furan rings is 1. The third-order valence-electron chi connectivity index (χ3n) is 2.67. The second-order valence-electron chi connectivity index (χ2n) is 4.32. The fraction of sp³-hybridized carbons (Fsp3) is 0.231. The molecule has 6 nitrogen and oxygen atoms in total. The van der Waals surface area contributed by atoms with Crippen LogP contribution < -0.4 is 11.1 Å². The zero-order valence-corrected chi connectivity index (χ0v) is 10.5. The molecule has 1 unspecified atom stereocenters. The first-order valence-electron chi connectivity index (χ1n) is 5.86. The summed E-state index contributed by atoms with van der Waals surface area (Å²) in [6.07, 6.45) is 0.266. The van der Waals surface area contributed by atoms with Crippen LogP contribution in [0.1, 0.15) is 23.9 Å². The molecule has 2 rings (SSSR count). The summed E-state index contributed by atoms with van der Waals surface area (Å²) in [7, 11) is 0. The summed E-state index contributed by atoms with van der Waals surface area (Å²) >= 11 is 0. The van der Waals surface area contributed by atoms with Gasteiger partial charge in [0.25, 0.3) is 5.91 Å². The van der Waals surface area contributed by atoms with Crippen LogP contribution in [0.4, 0.5) is 0 Å². The smallest absolute Gasteiger partial charge is 0.287 e. The highest BCUT2D eigenvalue weighted by molar-refractivity contribution is 5.96. The molecular weight excluding hydrogens is 246 g/mol. The number of hydrogen-bond acceptors (Lipinski definition) is 4. The standard InChI is InChI=1S/C13H15N3O3/c1-8(6-12(14)16-18)15-13(17)11-7-9-4-2-3-5-10(9)19-11/h2-5,7-8,18H,6H2,1H3,(H2,14,16)(H,15,17). The SMILES string of the molecule is CC(C/C(N)=N/O)NC(=O)c1cc2ccccc2o1. The number of carbonyl (C=O) groups is 1. The van der Waals surface area contributed by atoms with Gasteiger partial charge in [-0.1, -0.05) is 23.4 Å². The highest BCUT2D eigenvalue weighted by Crippen LogP contribution is 2.18. The normalized spacial score (nSPS) is 13.4. The number of para-hydroxylation sites is 1. The van der Waals surface area contributed by atoms with E-state index in [2.05, 4.69) is 10.5 Å². The quantitative estimate of drug-likeness (QED) is 0.337. The lowest BCUT2D eigenvalue weighted by molar-refractivity contribution is 0.0915. The molecule has 0 aliphatic carbocycles. The Labute approximate surface area is 109 Å². The molecule has 0 bridgehead atoms. The first-order valence-corrected chi connectivity index (χ1v) is 5.86. The molecule has 0 fully saturated rings. The van der Waals surface area contributed by atoms with Crippen molar-refractivity contribution in [3.63, 3.8) is 0 Å². The van der Waals surface area contributed by atoms with Crippen molar-refractivity contribution in [1.82, 2.24) is 5.32 Å². The lowest BCUT2D eigenvalue weighted by atomic mass is 10.2. The molecule has 100 valence electrons. The van der Waals surface area contributed by atoms with Gasteiger partial charge >= 0.3 is 0 Å². The minimum atomic E-state index is -0.325. The van der Waals surface area contributed by atoms with Gasteiger partial charge in [-0.3, -0.25) is 4.79 Å². The van der Waals surface area contributed by atoms with Crippen molar-refractivity contribution in [1.29, 1.82) is 0 Å². The number of nitrogens with zero attached hydrogens (tertiary/aromatic N) is 1. The minimum absolute atomic E-state index is 0.0670. The van der Waals surface area contributed by atoms with Crippen molar-refractivity contribution in [3.8, 4) is 0 Å². The monoisotopic (exact) mass is 261 g/mol. The van der Waals surface area contributed by atoms with Crippen LogP contribution in [0.25, 0.3) is 11.0 Å². The fourth-order valence-corrected chi connectivity index (χ4v) is 1.79. The Kier molecular flexibility index (Phi) is 3.70. The zero-order valence-electron chi connectivity index (χ0n) is 10.5. The summed E-state index contributed by atoms with van der Waals surface area (Å²) in [5.41, 5.74) is 6.04. The molecule has 0 saturated heterocycles. The third-order valence-corrected chi connectivity index (χ3v) is 2.67. The van der Waals surface area contributed by atoms with E-state index in [1.165, 1.54) is 0 Å². The average molecular weight is 261 g/mol. The Morgan fingerprint density at radius 2 is 2.26 bits per heavy atom. The van der Waals surface area contributed by atoms with Crippen molar-refractivity contribution in [2.24, 2.45) is 10.9 Å². The van der Waals surface area contributed by atoms with Crippen LogP contribution in [-0.2, 0) is 0 Å². The molecule has 0 saturated carbocycles. The van der Waals surface area contributed by atoms with Crippen LogP contribution >= 0.6 is 0 Å². The third kappa shape index (κ3) is 3.04. The number of rotatable bonds is 4. The molecule has 1 atom stereocenters. The first kappa shape index (κ1) is 12.9. The largest absolute Gasteiger partial charge is 0.451 e. The van der Waals surface area contributed by atoms with E-state index < -0.39 is 0 Å². The number of fused-ring (bicyclic) bond motifs is 1. The van der Waals surface area contributed by atoms with Crippen molar-refractivity contribution in [2.75, 3.05) is 0 Å². The van der Waals surface area contributed by atoms with Crippen LogP contribution in [0.15, 0.2) is 39.9 Å². The lowest BCUT2D eigenvalue weighted by Crippen LogP contribution is -2.35. The molecule has 1 amide bonds. The Bertz CT molecular complexity index is 585. The number of nitrogens with two attached hydrogens (primary N) is 1. The summed E-state index contributed by atoms with van der Waals surface area (Å²) in [5, 5.41) is 14.9. The summed E-state index contributed by atoms with van der Waals surface area (Å²) < 4.78 is 5.44. The predicted molar refractivity (Wildman–Crippen MR) is 71.2 cm³/mol. The molecule has 19 heavy (non-hydrogen) atoms. The second-order valence-corrected chi connectivity index (χ2v) is 4.32. The van der Waals surface area contributed by atoms with Crippen LogP contribution in [0.5, 0.6) is 0 Å². The Morgan fingerprint density at radius 3 is 2.95 bits per heavy atom. The van der Waals surface area contributed by atoms with Gasteiger partial charge in [0.2, 0.25) is 0 Å². The topological polar surface area (TPSA) is 101 Å². The number of amides is 1. The van der Waals surface area contributed by atoms with E-state index in [1.807, 2.05) is 18.2 Å². The maximum absolute atomic E-state index is 11.9. The number of hydrogen-bond donors (Lipinski definition) is 3. The van der Waals surface area contributed by atoms with Crippen LogP contribution in [0.3, 0.4) is 0 Å². The Hall–Kier alpha value is -2.50. The van der Waals surface area contributed by atoms with Crippen molar-refractivity contribution >= 4 is 22.7 Å². The predicted octanol–water partition coefficient (Wildman–Crippen LogP) is 1.69. The Morgan fingerprint density at radius 1 is 1.53 bits per heavy atom. The van der Waals surface area contributed by atoms with Crippen LogP contribution in [0.2, 0.25) is 0 Å². The molecule has 0 aliphatic rings. The Balaban J connectivity index is 2.07. The van der Waals surface area contributed by atoms with Gasteiger partial charge in [-0.2, -0.15) is 0 Å². The minimum Gasteiger partial charge on any atom is -0.451 e. The molecule has 6 heteroatoms. The van der Waals surface area contributed by atoms with Gasteiger partial charge in [0, 0.05) is 17.8 Å². The first-order chi connectivity index (χ1) is 9.10. The maximum atomic E-state index is 11.9. The van der Waals surface area contributed by atoms with Crippen LogP contribution in [-0.4, -0.2) is 23.0 Å². The van der Waals surface area contributed by atoms with Crippen molar-refractivity contribution in [2.45, 2.75) is 19.4 Å². The number of nitrogens with one attached hydrogen (secondary N) is 1. The van der Waals surface area contributed by atoms with E-state index in [9.17, 15) is 4.79 Å². The number of carbonyl (C=O) groups excluding carboxylic acids is 1. The van der Waals surface area contributed by atoms with Crippen molar-refractivity contribution in [3.05, 3.63) is 36.1 Å². The van der Waals surface area contributed by atoms with Gasteiger partial charge in [0.05, 0.1) is 0 Å². The highest BCUT2D eigenvalue weighted by Gasteiger charge is 2.15.